The van der Waals surface area contributed by atoms with Crippen LogP contribution in [0.1, 0.15) is 44.6 Å². The molecule has 0 saturated heterocycles. The van der Waals surface area contributed by atoms with Crippen LogP contribution in [0.3, 0.4) is 0 Å². The first-order valence-electron chi connectivity index (χ1n) is 11.3. The molecule has 3 rings (SSSR count). The Morgan fingerprint density at radius 2 is 1.70 bits per heavy atom. The average molecular weight is 471 g/mol. The first-order valence-corrected chi connectivity index (χ1v) is 11.7. The van der Waals surface area contributed by atoms with Gasteiger partial charge in [0.15, 0.2) is 0 Å². The highest BCUT2D eigenvalue weighted by Crippen LogP contribution is 2.52. The predicted molar refractivity (Wildman–Crippen MR) is 130 cm³/mol. The van der Waals surface area contributed by atoms with Crippen LogP contribution in [0, 0.1) is 5.41 Å². The van der Waals surface area contributed by atoms with Crippen LogP contribution < -0.4 is 21.7 Å². The van der Waals surface area contributed by atoms with Crippen molar-refractivity contribution >= 4 is 35.1 Å². The second-order valence-electron chi connectivity index (χ2n) is 8.64. The lowest BCUT2D eigenvalue weighted by Gasteiger charge is -2.28. The number of aryl methyl sites for hydroxylation is 1. The maximum atomic E-state index is 13.3. The minimum absolute atomic E-state index is 0.308. The Labute approximate surface area is 199 Å². The number of amides is 4. The van der Waals surface area contributed by atoms with E-state index >= 15 is 0 Å². The van der Waals surface area contributed by atoms with E-state index in [1.54, 1.807) is 24.3 Å². The van der Waals surface area contributed by atoms with E-state index in [2.05, 4.69) is 22.9 Å². The van der Waals surface area contributed by atoms with Crippen molar-refractivity contribution in [1.29, 1.82) is 0 Å². The van der Waals surface area contributed by atoms with Gasteiger partial charge in [-0.25, -0.2) is 4.79 Å². The van der Waals surface area contributed by atoms with Crippen LogP contribution in [-0.2, 0) is 16.0 Å². The number of halogens is 1. The number of hydrogen-bond donors (Lipinski definition) is 4. The number of carbonyl (C=O) groups is 3. The van der Waals surface area contributed by atoms with Crippen molar-refractivity contribution < 1.29 is 14.4 Å². The Hall–Kier alpha value is -3.06. The van der Waals surface area contributed by atoms with Crippen LogP contribution in [-0.4, -0.2) is 29.9 Å². The number of benzene rings is 2. The molecule has 0 heterocycles. The molecule has 7 nitrogen and oxygen atoms in total. The van der Waals surface area contributed by atoms with Crippen LogP contribution in [0.4, 0.5) is 10.5 Å². The Balaban J connectivity index is 1.68. The molecule has 176 valence electrons. The molecule has 1 aliphatic rings. The zero-order valence-electron chi connectivity index (χ0n) is 18.8. The van der Waals surface area contributed by atoms with Gasteiger partial charge in [0.2, 0.25) is 11.8 Å². The van der Waals surface area contributed by atoms with Gasteiger partial charge in [0.1, 0.15) is 12.1 Å². The van der Waals surface area contributed by atoms with Gasteiger partial charge in [-0.15, -0.1) is 0 Å². The van der Waals surface area contributed by atoms with Crippen molar-refractivity contribution in [3.8, 4) is 0 Å². The molecular formula is C25H31ClN4O3. The molecule has 1 saturated carbocycles. The Morgan fingerprint density at radius 3 is 2.27 bits per heavy atom. The summed E-state index contributed by atoms with van der Waals surface area (Å²) in [6, 6.07) is 14.3. The van der Waals surface area contributed by atoms with E-state index in [0.29, 0.717) is 23.6 Å². The summed E-state index contributed by atoms with van der Waals surface area (Å²) in [5.41, 5.74) is 6.90. The molecule has 0 aliphatic heterocycles. The fourth-order valence-corrected chi connectivity index (χ4v) is 4.29. The highest BCUT2D eigenvalue weighted by atomic mass is 35.5. The smallest absolute Gasteiger partial charge is 0.319 e. The number of anilines is 1. The minimum Gasteiger partial charge on any atom is -0.368 e. The molecule has 33 heavy (non-hydrogen) atoms. The van der Waals surface area contributed by atoms with Gasteiger partial charge in [0, 0.05) is 10.7 Å². The summed E-state index contributed by atoms with van der Waals surface area (Å²) in [6.07, 6.45) is 4.35. The van der Waals surface area contributed by atoms with E-state index in [1.165, 1.54) is 0 Å². The molecule has 2 atom stereocenters. The molecule has 1 fully saturated rings. The number of urea groups is 1. The number of carbonyl (C=O) groups excluding carboxylic acids is 3. The summed E-state index contributed by atoms with van der Waals surface area (Å²) in [4.78, 5) is 38.0. The summed E-state index contributed by atoms with van der Waals surface area (Å²) in [6.45, 7) is 2.05. The molecule has 4 amide bonds. The topological polar surface area (TPSA) is 113 Å². The van der Waals surface area contributed by atoms with Crippen molar-refractivity contribution in [2.45, 2.75) is 57.5 Å². The third kappa shape index (κ3) is 6.96. The summed E-state index contributed by atoms with van der Waals surface area (Å²) in [5, 5.41) is 8.93. The van der Waals surface area contributed by atoms with Gasteiger partial charge in [-0.2, -0.15) is 0 Å². The summed E-state index contributed by atoms with van der Waals surface area (Å²) >= 11 is 5.90. The van der Waals surface area contributed by atoms with E-state index in [9.17, 15) is 14.4 Å². The highest BCUT2D eigenvalue weighted by molar-refractivity contribution is 6.30. The maximum Gasteiger partial charge on any atom is 0.319 e. The van der Waals surface area contributed by atoms with Crippen LogP contribution in [0.25, 0.3) is 0 Å². The summed E-state index contributed by atoms with van der Waals surface area (Å²) in [5.74, 6) is -0.979. The second kappa shape index (κ2) is 11.2. The number of hydrogen-bond acceptors (Lipinski definition) is 3. The monoisotopic (exact) mass is 470 g/mol. The lowest BCUT2D eigenvalue weighted by molar-refractivity contribution is -0.129. The normalized spacial score (nSPS) is 15.7. The highest BCUT2D eigenvalue weighted by Gasteiger charge is 2.52. The first-order chi connectivity index (χ1) is 15.8. The van der Waals surface area contributed by atoms with Crippen LogP contribution in [0.15, 0.2) is 54.6 Å². The predicted octanol–water partition coefficient (Wildman–Crippen LogP) is 4.01. The number of nitrogens with one attached hydrogen (secondary N) is 3. The van der Waals surface area contributed by atoms with Crippen LogP contribution >= 0.6 is 11.6 Å². The zero-order chi connectivity index (χ0) is 23.8. The molecule has 5 N–H and O–H groups in total. The van der Waals surface area contributed by atoms with Crippen molar-refractivity contribution in [2.75, 3.05) is 5.32 Å². The van der Waals surface area contributed by atoms with Crippen molar-refractivity contribution in [2.24, 2.45) is 11.1 Å². The maximum absolute atomic E-state index is 13.3. The van der Waals surface area contributed by atoms with E-state index in [-0.39, 0.29) is 11.3 Å². The van der Waals surface area contributed by atoms with Crippen molar-refractivity contribution in [3.63, 3.8) is 0 Å². The first kappa shape index (κ1) is 24.6. The number of rotatable bonds is 11. The minimum atomic E-state index is -0.821. The van der Waals surface area contributed by atoms with Gasteiger partial charge < -0.3 is 21.7 Å². The average Bonchev–Trinajstić information content (AvgIpc) is 3.57. The third-order valence-corrected chi connectivity index (χ3v) is 6.37. The van der Waals surface area contributed by atoms with E-state index in [0.717, 1.165) is 31.2 Å². The van der Waals surface area contributed by atoms with Gasteiger partial charge in [0.05, 0.1) is 0 Å². The lowest BCUT2D eigenvalue weighted by Crippen LogP contribution is -2.57. The van der Waals surface area contributed by atoms with E-state index < -0.39 is 24.0 Å². The molecule has 2 aromatic rings. The fourth-order valence-electron chi connectivity index (χ4n) is 4.17. The van der Waals surface area contributed by atoms with Crippen molar-refractivity contribution in [3.05, 3.63) is 65.2 Å². The van der Waals surface area contributed by atoms with Gasteiger partial charge in [0.25, 0.3) is 0 Å². The summed E-state index contributed by atoms with van der Waals surface area (Å²) in [7, 11) is 0. The Bertz CT molecular complexity index is 961. The molecule has 0 aromatic heterocycles. The zero-order valence-corrected chi connectivity index (χ0v) is 19.5. The van der Waals surface area contributed by atoms with Crippen LogP contribution in [0.2, 0.25) is 5.02 Å². The van der Waals surface area contributed by atoms with Gasteiger partial charge in [-0.3, -0.25) is 9.59 Å². The molecule has 1 aliphatic carbocycles. The standard InChI is InChI=1S/C25H31ClN4O3/c1-2-14-25(15-16-25)21(30-24(33)28-19-11-9-18(26)10-12-19)23(32)29-20(22(27)31)13-8-17-6-4-3-5-7-17/h3-7,9-12,20-21H,2,8,13-16H2,1H3,(H2,27,31)(H,29,32)(H2,28,30,33). The van der Waals surface area contributed by atoms with E-state index in [4.69, 9.17) is 17.3 Å². The quantitative estimate of drug-likeness (QED) is 0.397. The van der Waals surface area contributed by atoms with Crippen LogP contribution in [0.5, 0.6) is 0 Å². The summed E-state index contributed by atoms with van der Waals surface area (Å²) < 4.78 is 0. The second-order valence-corrected chi connectivity index (χ2v) is 9.07. The van der Waals surface area contributed by atoms with Gasteiger partial charge in [-0.05, 0) is 67.3 Å². The SMILES string of the molecule is CCCC1(C(NC(=O)Nc2ccc(Cl)cc2)C(=O)NC(CCc2ccccc2)C(N)=O)CC1. The largest absolute Gasteiger partial charge is 0.368 e. The van der Waals surface area contributed by atoms with Crippen molar-refractivity contribution in [1.82, 2.24) is 10.6 Å². The lowest BCUT2D eigenvalue weighted by atomic mass is 9.90. The molecule has 2 aromatic carbocycles. The molecule has 0 spiro atoms. The molecule has 2 unspecified atom stereocenters. The third-order valence-electron chi connectivity index (χ3n) is 6.12. The van der Waals surface area contributed by atoms with E-state index in [1.807, 2.05) is 30.3 Å². The number of primary amides is 1. The number of nitrogens with two attached hydrogens (primary N) is 1. The Morgan fingerprint density at radius 1 is 1.03 bits per heavy atom. The molecular weight excluding hydrogens is 440 g/mol. The van der Waals surface area contributed by atoms with Gasteiger partial charge in [-0.1, -0.05) is 55.3 Å². The molecule has 8 heteroatoms. The van der Waals surface area contributed by atoms with Gasteiger partial charge >= 0.3 is 6.03 Å². The molecule has 0 bridgehead atoms. The molecule has 0 radical (unpaired) electrons. The Kier molecular flexibility index (Phi) is 8.33. The fraction of sp³-hybridized carbons (Fsp3) is 0.400.